The molecule has 0 spiro atoms. The monoisotopic (exact) mass is 487 g/mol. The number of fused-ring (bicyclic) bond motifs is 1. The first-order chi connectivity index (χ1) is 16.8. The van der Waals surface area contributed by atoms with E-state index in [0.717, 1.165) is 16.7 Å². The predicted octanol–water partition coefficient (Wildman–Crippen LogP) is 5.93. The molecule has 0 bridgehead atoms. The molecule has 176 valence electrons. The Hall–Kier alpha value is -4.17. The van der Waals surface area contributed by atoms with Gasteiger partial charge in [0, 0.05) is 16.7 Å². The number of hydrogen-bond donors (Lipinski definition) is 2. The zero-order chi connectivity index (χ0) is 24.7. The fourth-order valence-corrected chi connectivity index (χ4v) is 4.26. The van der Waals surface area contributed by atoms with Crippen molar-refractivity contribution >= 4 is 34.3 Å². The average molecular weight is 488 g/mol. The Balaban J connectivity index is 1.64. The lowest BCUT2D eigenvalue weighted by Gasteiger charge is -2.19. The molecule has 0 fully saturated rings. The van der Waals surface area contributed by atoms with Gasteiger partial charge in [0.1, 0.15) is 16.5 Å². The van der Waals surface area contributed by atoms with Gasteiger partial charge in [0.15, 0.2) is 11.1 Å². The second-order valence-electron chi connectivity index (χ2n) is 8.32. The summed E-state index contributed by atoms with van der Waals surface area (Å²) in [4.78, 5) is 17.7. The minimum Gasteiger partial charge on any atom is -0.455 e. The van der Waals surface area contributed by atoms with Crippen molar-refractivity contribution in [3.8, 4) is 22.9 Å². The molecule has 0 aliphatic heterocycles. The van der Waals surface area contributed by atoms with Crippen LogP contribution >= 0.6 is 11.6 Å². The van der Waals surface area contributed by atoms with Crippen LogP contribution in [0.4, 0.5) is 11.7 Å². The van der Waals surface area contributed by atoms with Gasteiger partial charge < -0.3 is 19.9 Å². The molecule has 3 heterocycles. The summed E-state index contributed by atoms with van der Waals surface area (Å²) in [5.41, 5.74) is 10.2. The molecule has 0 amide bonds. The first kappa shape index (κ1) is 22.6. The standard InChI is InChI=1S/C26H22ClN5O3/c1-13-11-17(15(3)29-19-9-10-20(27)30-21(19)25-31-32-26(28)35-25)24-18(12-13)22(33)14(2)23(34-24)16-7-5-4-6-8-16/h4-12,15,29H,1-3H3,(H2,28,32)/t15-/m1/s1. The highest BCUT2D eigenvalue weighted by Crippen LogP contribution is 2.34. The molecule has 0 aliphatic rings. The number of pyridine rings is 1. The maximum Gasteiger partial charge on any atom is 0.313 e. The Labute approximate surface area is 205 Å². The molecule has 8 nitrogen and oxygen atoms in total. The highest BCUT2D eigenvalue weighted by molar-refractivity contribution is 6.29. The van der Waals surface area contributed by atoms with Gasteiger partial charge in [-0.15, -0.1) is 5.10 Å². The predicted molar refractivity (Wildman–Crippen MR) is 136 cm³/mol. The van der Waals surface area contributed by atoms with E-state index in [2.05, 4.69) is 20.5 Å². The van der Waals surface area contributed by atoms with Crippen LogP contribution in [0.3, 0.4) is 0 Å². The molecule has 0 saturated heterocycles. The number of aromatic nitrogens is 3. The molecule has 2 aromatic carbocycles. The topological polar surface area (TPSA) is 120 Å². The number of anilines is 2. The number of aryl methyl sites for hydroxylation is 1. The van der Waals surface area contributed by atoms with Crippen LogP contribution in [0.15, 0.2) is 68.2 Å². The van der Waals surface area contributed by atoms with E-state index in [1.165, 1.54) is 0 Å². The minimum atomic E-state index is -0.283. The van der Waals surface area contributed by atoms with Crippen molar-refractivity contribution in [1.29, 1.82) is 0 Å². The molecule has 3 N–H and O–H groups in total. The molecule has 0 saturated carbocycles. The summed E-state index contributed by atoms with van der Waals surface area (Å²) in [7, 11) is 0. The smallest absolute Gasteiger partial charge is 0.313 e. The van der Waals surface area contributed by atoms with E-state index in [0.29, 0.717) is 33.7 Å². The number of rotatable bonds is 5. The molecular weight excluding hydrogens is 466 g/mol. The number of nitrogens with one attached hydrogen (secondary N) is 1. The highest BCUT2D eigenvalue weighted by Gasteiger charge is 2.21. The van der Waals surface area contributed by atoms with Gasteiger partial charge in [-0.25, -0.2) is 4.98 Å². The van der Waals surface area contributed by atoms with E-state index in [-0.39, 0.29) is 28.5 Å². The zero-order valence-electron chi connectivity index (χ0n) is 19.3. The van der Waals surface area contributed by atoms with Crippen molar-refractivity contribution in [3.05, 3.63) is 86.7 Å². The Kier molecular flexibility index (Phi) is 5.74. The molecule has 35 heavy (non-hydrogen) atoms. The molecular formula is C26H22ClN5O3. The normalized spacial score (nSPS) is 12.1. The number of nitrogens with two attached hydrogens (primary N) is 1. The van der Waals surface area contributed by atoms with Gasteiger partial charge in [0.2, 0.25) is 0 Å². The lowest BCUT2D eigenvalue weighted by Crippen LogP contribution is -2.13. The fourth-order valence-electron chi connectivity index (χ4n) is 4.11. The van der Waals surface area contributed by atoms with Crippen molar-refractivity contribution < 1.29 is 8.83 Å². The Morgan fingerprint density at radius 1 is 1.03 bits per heavy atom. The van der Waals surface area contributed by atoms with Gasteiger partial charge in [-0.1, -0.05) is 53.1 Å². The van der Waals surface area contributed by atoms with Gasteiger partial charge in [-0.3, -0.25) is 4.79 Å². The van der Waals surface area contributed by atoms with E-state index in [9.17, 15) is 4.79 Å². The van der Waals surface area contributed by atoms with Gasteiger partial charge in [-0.05, 0) is 44.5 Å². The molecule has 1 atom stereocenters. The molecule has 5 rings (SSSR count). The van der Waals surface area contributed by atoms with Gasteiger partial charge in [0.25, 0.3) is 5.89 Å². The molecule has 0 radical (unpaired) electrons. The summed E-state index contributed by atoms with van der Waals surface area (Å²) in [6, 6.07) is 16.5. The number of halogens is 1. The van der Waals surface area contributed by atoms with Crippen molar-refractivity contribution in [2.75, 3.05) is 11.1 Å². The van der Waals surface area contributed by atoms with Crippen LogP contribution in [0, 0.1) is 13.8 Å². The summed E-state index contributed by atoms with van der Waals surface area (Å²) in [6.07, 6.45) is 0. The van der Waals surface area contributed by atoms with E-state index in [4.69, 9.17) is 26.2 Å². The van der Waals surface area contributed by atoms with Gasteiger partial charge in [-0.2, -0.15) is 0 Å². The summed E-state index contributed by atoms with van der Waals surface area (Å²) >= 11 is 6.12. The van der Waals surface area contributed by atoms with Crippen molar-refractivity contribution in [2.45, 2.75) is 26.8 Å². The maximum absolute atomic E-state index is 13.3. The Bertz CT molecular complexity index is 1610. The van der Waals surface area contributed by atoms with Crippen LogP contribution in [-0.2, 0) is 0 Å². The lowest BCUT2D eigenvalue weighted by molar-refractivity contribution is 0.587. The first-order valence-electron chi connectivity index (χ1n) is 11.0. The maximum atomic E-state index is 13.3. The van der Waals surface area contributed by atoms with Crippen LogP contribution in [-0.4, -0.2) is 15.2 Å². The van der Waals surface area contributed by atoms with Crippen molar-refractivity contribution in [2.24, 2.45) is 0 Å². The van der Waals surface area contributed by atoms with E-state index in [1.807, 2.05) is 56.3 Å². The molecule has 3 aromatic heterocycles. The van der Waals surface area contributed by atoms with Crippen molar-refractivity contribution in [1.82, 2.24) is 15.2 Å². The quantitative estimate of drug-likeness (QED) is 0.292. The van der Waals surface area contributed by atoms with E-state index < -0.39 is 0 Å². The number of hydrogen-bond acceptors (Lipinski definition) is 8. The molecule has 5 aromatic rings. The molecule has 0 unspecified atom stereocenters. The third-order valence-corrected chi connectivity index (χ3v) is 5.98. The summed E-state index contributed by atoms with van der Waals surface area (Å²) < 4.78 is 11.8. The Morgan fingerprint density at radius 3 is 2.51 bits per heavy atom. The van der Waals surface area contributed by atoms with Crippen LogP contribution in [0.2, 0.25) is 5.15 Å². The van der Waals surface area contributed by atoms with Gasteiger partial charge >= 0.3 is 6.01 Å². The Morgan fingerprint density at radius 2 is 1.80 bits per heavy atom. The number of nitrogen functional groups attached to an aromatic ring is 1. The van der Waals surface area contributed by atoms with Gasteiger partial charge in [0.05, 0.1) is 17.1 Å². The van der Waals surface area contributed by atoms with Crippen molar-refractivity contribution in [3.63, 3.8) is 0 Å². The third-order valence-electron chi connectivity index (χ3n) is 5.77. The molecule has 0 aliphatic carbocycles. The largest absolute Gasteiger partial charge is 0.455 e. The van der Waals surface area contributed by atoms with Crippen LogP contribution in [0.5, 0.6) is 0 Å². The summed E-state index contributed by atoms with van der Waals surface area (Å²) in [5, 5.41) is 11.9. The average Bonchev–Trinajstić information content (AvgIpc) is 3.29. The SMILES string of the molecule is Cc1cc([C@@H](C)Nc2ccc(Cl)nc2-c2nnc(N)o2)c2oc(-c3ccccc3)c(C)c(=O)c2c1. The lowest BCUT2D eigenvalue weighted by atomic mass is 9.98. The second-order valence-corrected chi connectivity index (χ2v) is 8.71. The van der Waals surface area contributed by atoms with E-state index >= 15 is 0 Å². The summed E-state index contributed by atoms with van der Waals surface area (Å²) in [5.74, 6) is 0.693. The minimum absolute atomic E-state index is 0.0579. The fraction of sp³-hybridized carbons (Fsp3) is 0.154. The van der Waals surface area contributed by atoms with E-state index in [1.54, 1.807) is 19.1 Å². The van der Waals surface area contributed by atoms with Crippen LogP contribution < -0.4 is 16.5 Å². The number of benzene rings is 2. The summed E-state index contributed by atoms with van der Waals surface area (Å²) in [6.45, 7) is 5.71. The third kappa shape index (κ3) is 4.24. The van der Waals surface area contributed by atoms with Crippen LogP contribution in [0.1, 0.15) is 29.7 Å². The highest BCUT2D eigenvalue weighted by atomic mass is 35.5. The zero-order valence-corrected chi connectivity index (χ0v) is 20.1. The first-order valence-corrected chi connectivity index (χ1v) is 11.4. The van der Waals surface area contributed by atoms with Crippen LogP contribution in [0.25, 0.3) is 33.9 Å². The second kappa shape index (κ2) is 8.88. The number of nitrogens with zero attached hydrogens (tertiary/aromatic N) is 3. The molecule has 9 heteroatoms.